The third-order valence-corrected chi connectivity index (χ3v) is 7.35. The second-order valence-electron chi connectivity index (χ2n) is 6.67. The normalized spacial score (nSPS) is 11.8. The van der Waals surface area contributed by atoms with Crippen LogP contribution >= 0.6 is 11.8 Å². The van der Waals surface area contributed by atoms with Crippen LogP contribution in [0.2, 0.25) is 0 Å². The summed E-state index contributed by atoms with van der Waals surface area (Å²) in [6.07, 6.45) is 1.72. The molecule has 0 fully saturated rings. The van der Waals surface area contributed by atoms with Crippen molar-refractivity contribution in [1.29, 1.82) is 0 Å². The first kappa shape index (κ1) is 20.4. The molecule has 2 aromatic carbocycles. The monoisotopic (exact) mass is 440 g/mol. The van der Waals surface area contributed by atoms with Crippen LogP contribution in [0.4, 0.5) is 0 Å². The van der Waals surface area contributed by atoms with Gasteiger partial charge in [0.25, 0.3) is 0 Å². The van der Waals surface area contributed by atoms with Gasteiger partial charge in [0.05, 0.1) is 10.6 Å². The van der Waals surface area contributed by atoms with Crippen molar-refractivity contribution >= 4 is 38.3 Å². The van der Waals surface area contributed by atoms with E-state index in [2.05, 4.69) is 15.2 Å². The first-order chi connectivity index (χ1) is 14.5. The van der Waals surface area contributed by atoms with Crippen molar-refractivity contribution < 1.29 is 13.2 Å². The molecule has 0 saturated heterocycles. The summed E-state index contributed by atoms with van der Waals surface area (Å²) in [5.74, 6) is 0.283. The maximum Gasteiger partial charge on any atom is 0.191 e. The number of hydrogen-bond donors (Lipinski definition) is 1. The van der Waals surface area contributed by atoms with E-state index < -0.39 is 9.84 Å². The Bertz CT molecular complexity index is 1290. The zero-order valence-corrected chi connectivity index (χ0v) is 17.9. The van der Waals surface area contributed by atoms with Crippen molar-refractivity contribution in [2.45, 2.75) is 29.3 Å². The molecule has 7 nitrogen and oxygen atoms in total. The fourth-order valence-corrected chi connectivity index (χ4v) is 5.44. The van der Waals surface area contributed by atoms with Gasteiger partial charge in [0.2, 0.25) is 0 Å². The second kappa shape index (κ2) is 8.45. The highest BCUT2D eigenvalue weighted by molar-refractivity contribution is 7.99. The highest BCUT2D eigenvalue weighted by Gasteiger charge is 2.22. The van der Waals surface area contributed by atoms with Gasteiger partial charge < -0.3 is 9.55 Å². The molecule has 2 aromatic heterocycles. The predicted molar refractivity (Wildman–Crippen MR) is 116 cm³/mol. The topological polar surface area (TPSA) is 97.7 Å². The number of hydrogen-bond acceptors (Lipinski definition) is 6. The SMILES string of the molecule is CCn1c(CS(=O)(=O)c2ccccc2)nnc1SCC(=O)c1c[nH]c2ccccc12. The Kier molecular flexibility index (Phi) is 5.74. The van der Waals surface area contributed by atoms with Gasteiger partial charge in [-0.3, -0.25) is 4.79 Å². The number of Topliss-reactive ketones (excluding diaryl/α,β-unsaturated/α-hetero) is 1. The number of nitrogens with zero attached hydrogens (tertiary/aromatic N) is 3. The van der Waals surface area contributed by atoms with Gasteiger partial charge >= 0.3 is 0 Å². The van der Waals surface area contributed by atoms with E-state index in [9.17, 15) is 13.2 Å². The van der Waals surface area contributed by atoms with Crippen molar-refractivity contribution in [2.75, 3.05) is 5.75 Å². The van der Waals surface area contributed by atoms with Gasteiger partial charge in [-0.1, -0.05) is 48.2 Å². The molecule has 154 valence electrons. The van der Waals surface area contributed by atoms with Crippen LogP contribution < -0.4 is 0 Å². The van der Waals surface area contributed by atoms with Gasteiger partial charge in [-0.15, -0.1) is 10.2 Å². The number of thioether (sulfide) groups is 1. The molecule has 0 radical (unpaired) electrons. The number of carbonyl (C=O) groups is 1. The van der Waals surface area contributed by atoms with Gasteiger partial charge in [-0.25, -0.2) is 8.42 Å². The predicted octanol–water partition coefficient (Wildman–Crippen LogP) is 3.73. The molecule has 0 amide bonds. The Balaban J connectivity index is 1.51. The minimum absolute atomic E-state index is 0.0263. The number of H-pyrrole nitrogens is 1. The van der Waals surface area contributed by atoms with Crippen LogP contribution in [-0.4, -0.2) is 39.7 Å². The summed E-state index contributed by atoms with van der Waals surface area (Å²) in [6, 6.07) is 15.9. The highest BCUT2D eigenvalue weighted by Crippen LogP contribution is 2.24. The fraction of sp³-hybridized carbons (Fsp3) is 0.190. The lowest BCUT2D eigenvalue weighted by Crippen LogP contribution is -2.11. The van der Waals surface area contributed by atoms with Crippen molar-refractivity contribution in [1.82, 2.24) is 19.7 Å². The zero-order valence-electron chi connectivity index (χ0n) is 16.3. The van der Waals surface area contributed by atoms with Gasteiger partial charge in [-0.05, 0) is 25.1 Å². The number of benzene rings is 2. The van der Waals surface area contributed by atoms with E-state index >= 15 is 0 Å². The first-order valence-electron chi connectivity index (χ1n) is 9.41. The molecule has 0 saturated carbocycles. The van der Waals surface area contributed by atoms with Crippen LogP contribution in [0.5, 0.6) is 0 Å². The smallest absolute Gasteiger partial charge is 0.191 e. The van der Waals surface area contributed by atoms with E-state index in [0.29, 0.717) is 23.1 Å². The van der Waals surface area contributed by atoms with E-state index in [1.54, 1.807) is 41.1 Å². The van der Waals surface area contributed by atoms with Gasteiger partial charge in [-0.2, -0.15) is 0 Å². The summed E-state index contributed by atoms with van der Waals surface area (Å²) in [5.41, 5.74) is 1.54. The molecule has 0 bridgehead atoms. The van der Waals surface area contributed by atoms with Crippen LogP contribution in [0, 0.1) is 0 Å². The second-order valence-corrected chi connectivity index (χ2v) is 9.61. The molecule has 0 aliphatic rings. The van der Waals surface area contributed by atoms with E-state index in [0.717, 1.165) is 10.9 Å². The third-order valence-electron chi connectivity index (χ3n) is 4.75. The number of fused-ring (bicyclic) bond motifs is 1. The third kappa shape index (κ3) is 4.03. The molecular formula is C21H20N4O3S2. The molecule has 4 aromatic rings. The summed E-state index contributed by atoms with van der Waals surface area (Å²) in [5, 5.41) is 9.63. The fourth-order valence-electron chi connectivity index (χ4n) is 3.24. The molecule has 1 N–H and O–H groups in total. The van der Waals surface area contributed by atoms with Crippen molar-refractivity contribution in [3.63, 3.8) is 0 Å². The summed E-state index contributed by atoms with van der Waals surface area (Å²) in [4.78, 5) is 16.1. The van der Waals surface area contributed by atoms with E-state index in [-0.39, 0.29) is 22.2 Å². The highest BCUT2D eigenvalue weighted by atomic mass is 32.2. The minimum atomic E-state index is -3.53. The molecule has 0 aliphatic heterocycles. The molecule has 0 spiro atoms. The summed E-state index contributed by atoms with van der Waals surface area (Å²) < 4.78 is 27.1. The van der Waals surface area contributed by atoms with Gasteiger partial charge in [0.1, 0.15) is 11.6 Å². The Morgan fingerprint density at radius 3 is 2.57 bits per heavy atom. The minimum Gasteiger partial charge on any atom is -0.360 e. The van der Waals surface area contributed by atoms with Crippen LogP contribution in [0.1, 0.15) is 23.1 Å². The van der Waals surface area contributed by atoms with Gasteiger partial charge in [0.15, 0.2) is 20.8 Å². The van der Waals surface area contributed by atoms with Crippen LogP contribution in [0.15, 0.2) is 70.8 Å². The van der Waals surface area contributed by atoms with Crippen LogP contribution in [-0.2, 0) is 22.1 Å². The molecule has 0 atom stereocenters. The lowest BCUT2D eigenvalue weighted by molar-refractivity contribution is 0.102. The molecule has 2 heterocycles. The Labute approximate surface area is 178 Å². The van der Waals surface area contributed by atoms with E-state index in [1.807, 2.05) is 31.2 Å². The standard InChI is InChI=1S/C21H20N4O3S2/c1-2-25-20(14-30(27,28)15-8-4-3-5-9-15)23-24-21(25)29-13-19(26)17-12-22-18-11-7-6-10-16(17)18/h3-12,22H,2,13-14H2,1H3. The Morgan fingerprint density at radius 1 is 1.07 bits per heavy atom. The summed E-state index contributed by atoms with van der Waals surface area (Å²) in [7, 11) is -3.53. The van der Waals surface area contributed by atoms with Crippen molar-refractivity contribution in [3.05, 3.63) is 72.2 Å². The van der Waals surface area contributed by atoms with Crippen LogP contribution in [0.3, 0.4) is 0 Å². The molecule has 0 aliphatic carbocycles. The van der Waals surface area contributed by atoms with Gasteiger partial charge in [0, 0.05) is 29.2 Å². The lowest BCUT2D eigenvalue weighted by Gasteiger charge is -2.08. The van der Waals surface area contributed by atoms with Crippen molar-refractivity contribution in [3.8, 4) is 0 Å². The molecular weight excluding hydrogens is 420 g/mol. The number of carbonyl (C=O) groups excluding carboxylic acids is 1. The summed E-state index contributed by atoms with van der Waals surface area (Å²) in [6.45, 7) is 2.41. The number of aromatic nitrogens is 4. The zero-order chi connectivity index (χ0) is 21.1. The maximum absolute atomic E-state index is 12.7. The molecule has 0 unspecified atom stereocenters. The molecule has 4 rings (SSSR count). The Morgan fingerprint density at radius 2 is 1.80 bits per heavy atom. The maximum atomic E-state index is 12.7. The molecule has 30 heavy (non-hydrogen) atoms. The van der Waals surface area contributed by atoms with Crippen molar-refractivity contribution in [2.24, 2.45) is 0 Å². The van der Waals surface area contributed by atoms with E-state index in [4.69, 9.17) is 0 Å². The lowest BCUT2D eigenvalue weighted by atomic mass is 10.1. The first-order valence-corrected chi connectivity index (χ1v) is 12.1. The Hall–Kier alpha value is -2.91. The average molecular weight is 441 g/mol. The van der Waals surface area contributed by atoms with E-state index in [1.165, 1.54) is 11.8 Å². The number of aromatic amines is 1. The van der Waals surface area contributed by atoms with Crippen LogP contribution in [0.25, 0.3) is 10.9 Å². The molecule has 9 heteroatoms. The number of sulfone groups is 1. The quantitative estimate of drug-likeness (QED) is 0.331. The number of ketones is 1. The largest absolute Gasteiger partial charge is 0.360 e. The average Bonchev–Trinajstić information content (AvgIpc) is 3.36. The number of rotatable bonds is 8. The number of para-hydroxylation sites is 1. The number of nitrogens with one attached hydrogen (secondary N) is 1. The summed E-state index contributed by atoms with van der Waals surface area (Å²) >= 11 is 1.26.